The molecule has 3 rings (SSSR count). The zero-order valence-corrected chi connectivity index (χ0v) is 8.91. The van der Waals surface area contributed by atoms with Crippen molar-refractivity contribution < 1.29 is 0 Å². The van der Waals surface area contributed by atoms with Gasteiger partial charge in [0.05, 0.1) is 10.2 Å². The van der Waals surface area contributed by atoms with Gasteiger partial charge in [-0.05, 0) is 19.1 Å². The predicted octanol–water partition coefficient (Wildman–Crippen LogP) is 2.22. The Hall–Kier alpha value is -1.68. The number of aromatic nitrogens is 2. The normalized spacial score (nSPS) is 11.3. The van der Waals surface area contributed by atoms with E-state index in [4.69, 9.17) is 0 Å². The van der Waals surface area contributed by atoms with Crippen molar-refractivity contribution in [3.05, 3.63) is 46.4 Å². The minimum atomic E-state index is -0.168. The third-order valence-corrected chi connectivity index (χ3v) is 3.41. The summed E-state index contributed by atoms with van der Waals surface area (Å²) in [5.74, 6) is 0. The van der Waals surface area contributed by atoms with E-state index < -0.39 is 0 Å². The molecule has 0 saturated carbocycles. The molecule has 15 heavy (non-hydrogen) atoms. The molecule has 0 atom stereocenters. The van der Waals surface area contributed by atoms with Crippen LogP contribution in [0.4, 0.5) is 0 Å². The molecule has 74 valence electrons. The summed E-state index contributed by atoms with van der Waals surface area (Å²) in [7, 11) is 0. The highest BCUT2D eigenvalue weighted by molar-refractivity contribution is 7.23. The van der Waals surface area contributed by atoms with Gasteiger partial charge >= 0.3 is 0 Å². The van der Waals surface area contributed by atoms with Gasteiger partial charge in [0.25, 0.3) is 5.56 Å². The number of thiazole rings is 1. The summed E-state index contributed by atoms with van der Waals surface area (Å²) >= 11 is 1.54. The molecule has 3 nitrogen and oxygen atoms in total. The van der Waals surface area contributed by atoms with Crippen molar-refractivity contribution in [2.24, 2.45) is 0 Å². The molecule has 0 radical (unpaired) electrons. The molecule has 1 aromatic carbocycles. The molecule has 0 unspecified atom stereocenters. The van der Waals surface area contributed by atoms with Gasteiger partial charge in [0.2, 0.25) is 0 Å². The summed E-state index contributed by atoms with van der Waals surface area (Å²) in [6.45, 7) is 1.93. The van der Waals surface area contributed by atoms with Crippen molar-refractivity contribution in [2.45, 2.75) is 6.92 Å². The number of benzene rings is 1. The molecular weight excluding hydrogens is 208 g/mol. The molecule has 0 aliphatic heterocycles. The van der Waals surface area contributed by atoms with Crippen molar-refractivity contribution >= 4 is 26.5 Å². The van der Waals surface area contributed by atoms with Crippen LogP contribution in [0.3, 0.4) is 0 Å². The monoisotopic (exact) mass is 216 g/mol. The number of rotatable bonds is 0. The van der Waals surface area contributed by atoms with Crippen LogP contribution in [0.25, 0.3) is 15.2 Å². The van der Waals surface area contributed by atoms with Crippen molar-refractivity contribution in [2.75, 3.05) is 0 Å². The van der Waals surface area contributed by atoms with E-state index in [0.717, 1.165) is 20.9 Å². The number of para-hydroxylation sites is 1. The predicted molar refractivity (Wildman–Crippen MR) is 61.6 cm³/mol. The maximum atomic E-state index is 11.3. The topological polar surface area (TPSA) is 34.4 Å². The van der Waals surface area contributed by atoms with E-state index in [9.17, 15) is 4.79 Å². The van der Waals surface area contributed by atoms with Crippen LogP contribution in [0.1, 0.15) is 5.69 Å². The Bertz CT molecular complexity index is 711. The van der Waals surface area contributed by atoms with Gasteiger partial charge in [-0.25, -0.2) is 0 Å². The van der Waals surface area contributed by atoms with Crippen LogP contribution in [-0.4, -0.2) is 9.38 Å². The first-order chi connectivity index (χ1) is 7.25. The molecule has 0 bridgehead atoms. The second-order valence-corrected chi connectivity index (χ2v) is 4.43. The van der Waals surface area contributed by atoms with Gasteiger partial charge in [0.15, 0.2) is 4.96 Å². The Labute approximate surface area is 89.6 Å². The summed E-state index contributed by atoms with van der Waals surface area (Å²) in [6.07, 6.45) is 0. The summed E-state index contributed by atoms with van der Waals surface area (Å²) < 4.78 is 3.17. The quantitative estimate of drug-likeness (QED) is 0.577. The zero-order valence-electron chi connectivity index (χ0n) is 8.10. The number of hydrogen-bond donors (Lipinski definition) is 0. The molecule has 2 aromatic heterocycles. The van der Waals surface area contributed by atoms with E-state index in [1.807, 2.05) is 35.6 Å². The van der Waals surface area contributed by atoms with Gasteiger partial charge in [0.1, 0.15) is 0 Å². The number of hydrogen-bond acceptors (Lipinski definition) is 3. The van der Waals surface area contributed by atoms with Crippen LogP contribution in [0, 0.1) is 6.92 Å². The van der Waals surface area contributed by atoms with Crippen LogP contribution in [0.2, 0.25) is 0 Å². The first-order valence-electron chi connectivity index (χ1n) is 4.64. The lowest BCUT2D eigenvalue weighted by molar-refractivity contribution is 1.07. The van der Waals surface area contributed by atoms with Gasteiger partial charge in [-0.3, -0.25) is 9.20 Å². The number of aryl methyl sites for hydroxylation is 1. The zero-order chi connectivity index (χ0) is 10.4. The SMILES string of the molecule is Cc1cc(=O)nc2sc3ccccc3n12. The first kappa shape index (κ1) is 8.61. The fraction of sp³-hybridized carbons (Fsp3) is 0.0909. The maximum absolute atomic E-state index is 11.3. The molecule has 3 aromatic rings. The molecule has 0 spiro atoms. The van der Waals surface area contributed by atoms with Gasteiger partial charge < -0.3 is 0 Å². The van der Waals surface area contributed by atoms with E-state index in [-0.39, 0.29) is 5.56 Å². The summed E-state index contributed by atoms with van der Waals surface area (Å²) in [4.78, 5) is 16.0. The summed E-state index contributed by atoms with van der Waals surface area (Å²) in [5.41, 5.74) is 1.88. The van der Waals surface area contributed by atoms with Crippen molar-refractivity contribution in [1.29, 1.82) is 0 Å². The van der Waals surface area contributed by atoms with Crippen LogP contribution < -0.4 is 5.56 Å². The molecule has 4 heteroatoms. The number of fused-ring (bicyclic) bond motifs is 3. The number of nitrogens with zero attached hydrogens (tertiary/aromatic N) is 2. The second kappa shape index (κ2) is 2.90. The molecule has 0 N–H and O–H groups in total. The van der Waals surface area contributed by atoms with Gasteiger partial charge in [-0.15, -0.1) is 0 Å². The van der Waals surface area contributed by atoms with Crippen LogP contribution in [0.15, 0.2) is 35.1 Å². The Kier molecular flexibility index (Phi) is 1.67. The lowest BCUT2D eigenvalue weighted by Crippen LogP contribution is -2.07. The third-order valence-electron chi connectivity index (χ3n) is 2.39. The summed E-state index contributed by atoms with van der Waals surface area (Å²) in [5, 5.41) is 0. The fourth-order valence-corrected chi connectivity index (χ4v) is 2.84. The van der Waals surface area contributed by atoms with Gasteiger partial charge in [0, 0.05) is 11.8 Å². The van der Waals surface area contributed by atoms with E-state index >= 15 is 0 Å². The van der Waals surface area contributed by atoms with Gasteiger partial charge in [-0.1, -0.05) is 23.5 Å². The Morgan fingerprint density at radius 1 is 1.33 bits per heavy atom. The molecule has 0 aliphatic carbocycles. The van der Waals surface area contributed by atoms with Crippen LogP contribution in [-0.2, 0) is 0 Å². The Morgan fingerprint density at radius 3 is 3.00 bits per heavy atom. The van der Waals surface area contributed by atoms with Crippen molar-refractivity contribution in [3.63, 3.8) is 0 Å². The molecule has 0 fully saturated rings. The molecule has 0 aliphatic rings. The summed E-state index contributed by atoms with van der Waals surface area (Å²) in [6, 6.07) is 9.63. The van der Waals surface area contributed by atoms with E-state index in [1.165, 1.54) is 0 Å². The van der Waals surface area contributed by atoms with Crippen LogP contribution in [0.5, 0.6) is 0 Å². The third kappa shape index (κ3) is 1.18. The molecule has 0 saturated heterocycles. The minimum Gasteiger partial charge on any atom is -0.289 e. The van der Waals surface area contributed by atoms with E-state index in [2.05, 4.69) is 4.98 Å². The van der Waals surface area contributed by atoms with Crippen molar-refractivity contribution in [1.82, 2.24) is 9.38 Å². The lowest BCUT2D eigenvalue weighted by Gasteiger charge is -1.98. The van der Waals surface area contributed by atoms with Crippen molar-refractivity contribution in [3.8, 4) is 0 Å². The van der Waals surface area contributed by atoms with E-state index in [0.29, 0.717) is 0 Å². The van der Waals surface area contributed by atoms with E-state index in [1.54, 1.807) is 17.4 Å². The highest BCUT2D eigenvalue weighted by Gasteiger charge is 2.06. The minimum absolute atomic E-state index is 0.168. The fourth-order valence-electron chi connectivity index (χ4n) is 1.76. The maximum Gasteiger partial charge on any atom is 0.274 e. The molecular formula is C11H8N2OS. The average molecular weight is 216 g/mol. The second-order valence-electron chi connectivity index (χ2n) is 3.42. The Morgan fingerprint density at radius 2 is 2.13 bits per heavy atom. The molecule has 0 amide bonds. The molecule has 2 heterocycles. The standard InChI is InChI=1S/C11H8N2OS/c1-7-6-10(14)12-11-13(7)8-4-2-3-5-9(8)15-11/h2-6H,1H3. The highest BCUT2D eigenvalue weighted by Crippen LogP contribution is 2.24. The van der Waals surface area contributed by atoms with Crippen LogP contribution >= 0.6 is 11.3 Å². The smallest absolute Gasteiger partial charge is 0.274 e. The highest BCUT2D eigenvalue weighted by atomic mass is 32.1. The largest absolute Gasteiger partial charge is 0.289 e. The first-order valence-corrected chi connectivity index (χ1v) is 5.45. The van der Waals surface area contributed by atoms with Gasteiger partial charge in [-0.2, -0.15) is 4.98 Å². The Balaban J connectivity index is 2.67. The average Bonchev–Trinajstić information content (AvgIpc) is 2.54. The lowest BCUT2D eigenvalue weighted by atomic mass is 10.3.